The van der Waals surface area contributed by atoms with E-state index in [0.717, 1.165) is 39.1 Å². The van der Waals surface area contributed by atoms with Crippen molar-refractivity contribution in [2.24, 2.45) is 17.8 Å². The maximum Gasteiger partial charge on any atom is 0.227 e. The Hall–Kier alpha value is -1.35. The van der Waals surface area contributed by atoms with Crippen molar-refractivity contribution in [2.45, 2.75) is 33.2 Å². The monoisotopic (exact) mass is 300 g/mol. The second-order valence-electron chi connectivity index (χ2n) is 7.40. The highest BCUT2D eigenvalue weighted by Gasteiger charge is 2.34. The third-order valence-electron chi connectivity index (χ3n) is 5.05. The second kappa shape index (κ2) is 6.82. The van der Waals surface area contributed by atoms with Crippen LogP contribution < -0.4 is 0 Å². The minimum atomic E-state index is 0.209. The number of carbonyl (C=O) groups is 1. The molecule has 3 rings (SSSR count). The molecule has 2 fully saturated rings. The van der Waals surface area contributed by atoms with Crippen molar-refractivity contribution >= 4 is 5.91 Å². The highest BCUT2D eigenvalue weighted by Crippen LogP contribution is 2.26. The van der Waals surface area contributed by atoms with Gasteiger partial charge < -0.3 is 4.90 Å². The zero-order chi connectivity index (χ0) is 15.5. The largest absolute Gasteiger partial charge is 0.342 e. The number of benzene rings is 1. The van der Waals surface area contributed by atoms with Crippen LogP contribution in [0.2, 0.25) is 0 Å². The van der Waals surface area contributed by atoms with Gasteiger partial charge in [0, 0.05) is 26.2 Å². The quantitative estimate of drug-likeness (QED) is 0.856. The van der Waals surface area contributed by atoms with Gasteiger partial charge in [0.2, 0.25) is 5.91 Å². The summed E-state index contributed by atoms with van der Waals surface area (Å²) in [6.45, 7) is 9.39. The van der Waals surface area contributed by atoms with Crippen LogP contribution >= 0.6 is 0 Å². The van der Waals surface area contributed by atoms with Crippen molar-refractivity contribution in [1.29, 1.82) is 0 Å². The van der Waals surface area contributed by atoms with E-state index in [1.807, 2.05) is 0 Å². The van der Waals surface area contributed by atoms with E-state index in [2.05, 4.69) is 54.0 Å². The molecule has 120 valence electrons. The Morgan fingerprint density at radius 3 is 2.45 bits per heavy atom. The second-order valence-corrected chi connectivity index (χ2v) is 7.40. The van der Waals surface area contributed by atoms with Crippen LogP contribution in [-0.4, -0.2) is 41.9 Å². The molecule has 3 unspecified atom stereocenters. The molecule has 2 heterocycles. The van der Waals surface area contributed by atoms with Gasteiger partial charge in [0.05, 0.1) is 5.92 Å². The Bertz CT molecular complexity index is 491. The predicted molar refractivity (Wildman–Crippen MR) is 89.4 cm³/mol. The van der Waals surface area contributed by atoms with Crippen LogP contribution in [0.3, 0.4) is 0 Å². The first-order valence-electron chi connectivity index (χ1n) is 8.67. The van der Waals surface area contributed by atoms with E-state index < -0.39 is 0 Å². The van der Waals surface area contributed by atoms with E-state index >= 15 is 0 Å². The number of nitrogens with zero attached hydrogens (tertiary/aromatic N) is 2. The van der Waals surface area contributed by atoms with Gasteiger partial charge in [-0.3, -0.25) is 9.69 Å². The molecule has 22 heavy (non-hydrogen) atoms. The lowest BCUT2D eigenvalue weighted by Gasteiger charge is -2.36. The van der Waals surface area contributed by atoms with Gasteiger partial charge in [-0.25, -0.2) is 0 Å². The lowest BCUT2D eigenvalue weighted by molar-refractivity contribution is -0.137. The Morgan fingerprint density at radius 1 is 1.09 bits per heavy atom. The number of hydrogen-bond acceptors (Lipinski definition) is 2. The summed E-state index contributed by atoms with van der Waals surface area (Å²) in [4.78, 5) is 17.3. The first kappa shape index (κ1) is 15.5. The Labute approximate surface area is 134 Å². The molecule has 3 heteroatoms. The molecule has 0 spiro atoms. The summed E-state index contributed by atoms with van der Waals surface area (Å²) in [5.74, 6) is 1.90. The Balaban J connectivity index is 1.54. The summed E-state index contributed by atoms with van der Waals surface area (Å²) in [5.41, 5.74) is 1.34. The summed E-state index contributed by atoms with van der Waals surface area (Å²) >= 11 is 0. The van der Waals surface area contributed by atoms with Crippen molar-refractivity contribution in [3.8, 4) is 0 Å². The van der Waals surface area contributed by atoms with Crippen LogP contribution in [0, 0.1) is 17.8 Å². The van der Waals surface area contributed by atoms with Gasteiger partial charge in [0.15, 0.2) is 0 Å². The number of piperidine rings is 1. The number of rotatable bonds is 3. The molecule has 0 bridgehead atoms. The number of likely N-dealkylation sites (tertiary alicyclic amines) is 2. The Morgan fingerprint density at radius 2 is 1.77 bits per heavy atom. The molecule has 1 amide bonds. The standard InChI is InChI=1S/C19H28N2O/c1-15-10-16(2)12-21(11-15)19(22)18-8-9-20(14-18)13-17-6-4-3-5-7-17/h3-7,15-16,18H,8-14H2,1-2H3. The minimum absolute atomic E-state index is 0.209. The lowest BCUT2D eigenvalue weighted by atomic mass is 9.91. The first-order chi connectivity index (χ1) is 10.6. The van der Waals surface area contributed by atoms with Crippen molar-refractivity contribution in [2.75, 3.05) is 26.2 Å². The summed E-state index contributed by atoms with van der Waals surface area (Å²) in [5, 5.41) is 0. The van der Waals surface area contributed by atoms with Crippen LogP contribution in [0.15, 0.2) is 30.3 Å². The van der Waals surface area contributed by atoms with E-state index in [9.17, 15) is 4.79 Å². The summed E-state index contributed by atoms with van der Waals surface area (Å²) in [6, 6.07) is 10.6. The molecule has 1 aromatic carbocycles. The lowest BCUT2D eigenvalue weighted by Crippen LogP contribution is -2.45. The van der Waals surface area contributed by atoms with Gasteiger partial charge in [-0.05, 0) is 36.8 Å². The molecule has 0 saturated carbocycles. The zero-order valence-electron chi connectivity index (χ0n) is 13.9. The summed E-state index contributed by atoms with van der Waals surface area (Å²) in [6.07, 6.45) is 2.28. The van der Waals surface area contributed by atoms with Crippen molar-refractivity contribution in [3.05, 3.63) is 35.9 Å². The smallest absolute Gasteiger partial charge is 0.227 e. The first-order valence-corrected chi connectivity index (χ1v) is 8.67. The molecular formula is C19H28N2O. The van der Waals surface area contributed by atoms with Gasteiger partial charge in [0.25, 0.3) is 0 Å². The predicted octanol–water partition coefficient (Wildman–Crippen LogP) is 3.01. The highest BCUT2D eigenvalue weighted by molar-refractivity contribution is 5.79. The van der Waals surface area contributed by atoms with Crippen molar-refractivity contribution < 1.29 is 4.79 Å². The van der Waals surface area contributed by atoms with Crippen molar-refractivity contribution in [1.82, 2.24) is 9.80 Å². The fourth-order valence-electron chi connectivity index (χ4n) is 4.12. The third kappa shape index (κ3) is 3.70. The molecule has 0 aliphatic carbocycles. The molecule has 0 N–H and O–H groups in total. The zero-order valence-corrected chi connectivity index (χ0v) is 13.9. The Kier molecular flexibility index (Phi) is 4.82. The minimum Gasteiger partial charge on any atom is -0.342 e. The molecule has 2 aliphatic heterocycles. The van der Waals surface area contributed by atoms with E-state index in [1.54, 1.807) is 0 Å². The van der Waals surface area contributed by atoms with E-state index in [-0.39, 0.29) is 5.92 Å². The number of amides is 1. The van der Waals surface area contributed by atoms with E-state index in [1.165, 1.54) is 12.0 Å². The molecular weight excluding hydrogens is 272 g/mol. The van der Waals surface area contributed by atoms with Crippen LogP contribution in [0.1, 0.15) is 32.3 Å². The van der Waals surface area contributed by atoms with Crippen LogP contribution in [0.25, 0.3) is 0 Å². The van der Waals surface area contributed by atoms with Crippen LogP contribution in [0.5, 0.6) is 0 Å². The van der Waals surface area contributed by atoms with Gasteiger partial charge in [-0.2, -0.15) is 0 Å². The SMILES string of the molecule is CC1CC(C)CN(C(=O)C2CCN(Cc3ccccc3)C2)C1. The molecule has 0 aromatic heterocycles. The van der Waals surface area contributed by atoms with Crippen LogP contribution in [0.4, 0.5) is 0 Å². The molecule has 2 aliphatic rings. The highest BCUT2D eigenvalue weighted by atomic mass is 16.2. The number of carbonyl (C=O) groups excluding carboxylic acids is 1. The maximum absolute atomic E-state index is 12.8. The average Bonchev–Trinajstić information content (AvgIpc) is 2.95. The van der Waals surface area contributed by atoms with Gasteiger partial charge in [0.1, 0.15) is 0 Å². The maximum atomic E-state index is 12.8. The van der Waals surface area contributed by atoms with Gasteiger partial charge >= 0.3 is 0 Å². The summed E-state index contributed by atoms with van der Waals surface area (Å²) < 4.78 is 0. The average molecular weight is 300 g/mol. The fraction of sp³-hybridized carbons (Fsp3) is 0.632. The molecule has 3 nitrogen and oxygen atoms in total. The number of hydrogen-bond donors (Lipinski definition) is 0. The van der Waals surface area contributed by atoms with Gasteiger partial charge in [-0.1, -0.05) is 44.2 Å². The third-order valence-corrected chi connectivity index (χ3v) is 5.05. The van der Waals surface area contributed by atoms with Gasteiger partial charge in [-0.15, -0.1) is 0 Å². The normalized spacial score (nSPS) is 29.7. The van der Waals surface area contributed by atoms with E-state index in [0.29, 0.717) is 17.7 Å². The molecule has 0 radical (unpaired) electrons. The molecule has 2 saturated heterocycles. The van der Waals surface area contributed by atoms with Crippen LogP contribution in [-0.2, 0) is 11.3 Å². The van der Waals surface area contributed by atoms with Crippen molar-refractivity contribution in [3.63, 3.8) is 0 Å². The summed E-state index contributed by atoms with van der Waals surface area (Å²) in [7, 11) is 0. The molecule has 3 atom stereocenters. The molecule has 1 aromatic rings. The van der Waals surface area contributed by atoms with E-state index in [4.69, 9.17) is 0 Å². The topological polar surface area (TPSA) is 23.6 Å². The fourth-order valence-corrected chi connectivity index (χ4v) is 4.12.